The molecule has 2 unspecified atom stereocenters. The largest absolute Gasteiger partial charge is 0.309 e. The first-order valence-electron chi connectivity index (χ1n) is 9.44. The molecule has 3 aromatic heterocycles. The Morgan fingerprint density at radius 1 is 1.25 bits per heavy atom. The molecular formula is C19H21FN5O2P. The lowest BCUT2D eigenvalue weighted by molar-refractivity contribution is -0.120. The summed E-state index contributed by atoms with van der Waals surface area (Å²) in [4.78, 5) is 34.2. The lowest BCUT2D eigenvalue weighted by Crippen LogP contribution is -2.35. The number of anilines is 1. The van der Waals surface area contributed by atoms with E-state index in [1.165, 1.54) is 35.6 Å². The molecule has 2 atom stereocenters. The van der Waals surface area contributed by atoms with Crippen LogP contribution in [0.2, 0.25) is 0 Å². The zero-order valence-corrected chi connectivity index (χ0v) is 16.3. The quantitative estimate of drug-likeness (QED) is 0.707. The second kappa shape index (κ2) is 8.19. The molecule has 1 aliphatic rings. The third-order valence-electron chi connectivity index (χ3n) is 5.29. The molecule has 1 fully saturated rings. The second-order valence-electron chi connectivity index (χ2n) is 7.20. The standard InChI is InChI=1S/C19H21FN5O2P/c20-13-6-7-16(21-9-13)24-17(26)15(8-12-4-2-1-3-5-12)25-11-22-18-14(19(25)27)10-23-28-18/h6-7,9-12,15,28H,1-5,8H2,(H,21,24,26). The first-order chi connectivity index (χ1) is 13.6. The smallest absolute Gasteiger partial charge is 0.263 e. The highest BCUT2D eigenvalue weighted by atomic mass is 31.0. The number of pyridine rings is 1. The summed E-state index contributed by atoms with van der Waals surface area (Å²) in [7, 11) is 0.141. The summed E-state index contributed by atoms with van der Waals surface area (Å²) in [5.74, 6) is -0.187. The Hall–Kier alpha value is -2.60. The summed E-state index contributed by atoms with van der Waals surface area (Å²) in [5.41, 5.74) is -0.248. The number of fused-ring (bicyclic) bond motifs is 1. The van der Waals surface area contributed by atoms with Gasteiger partial charge in [-0.3, -0.25) is 14.2 Å². The van der Waals surface area contributed by atoms with Crippen molar-refractivity contribution in [3.8, 4) is 0 Å². The summed E-state index contributed by atoms with van der Waals surface area (Å²) in [5, 5.41) is 3.84. The minimum atomic E-state index is -0.697. The van der Waals surface area contributed by atoms with Crippen LogP contribution < -0.4 is 10.9 Å². The predicted octanol–water partition coefficient (Wildman–Crippen LogP) is 3.51. The summed E-state index contributed by atoms with van der Waals surface area (Å²) < 4.78 is 18.6. The molecule has 1 saturated carbocycles. The maximum atomic E-state index is 13.1. The average molecular weight is 401 g/mol. The normalized spacial score (nSPS) is 16.5. The van der Waals surface area contributed by atoms with Crippen LogP contribution in [0.5, 0.6) is 0 Å². The van der Waals surface area contributed by atoms with Crippen molar-refractivity contribution in [2.75, 3.05) is 5.32 Å². The monoisotopic (exact) mass is 401 g/mol. The summed E-state index contributed by atoms with van der Waals surface area (Å²) in [6.07, 6.45) is 10.2. The summed E-state index contributed by atoms with van der Waals surface area (Å²) >= 11 is 0. The molecule has 146 valence electrons. The van der Waals surface area contributed by atoms with Gasteiger partial charge in [-0.15, -0.1) is 0 Å². The van der Waals surface area contributed by atoms with Gasteiger partial charge in [0.2, 0.25) is 5.91 Å². The molecular weight excluding hydrogens is 380 g/mol. The molecule has 28 heavy (non-hydrogen) atoms. The molecule has 0 radical (unpaired) electrons. The topological polar surface area (TPSA) is 89.8 Å². The fourth-order valence-electron chi connectivity index (χ4n) is 3.81. The lowest BCUT2D eigenvalue weighted by Gasteiger charge is -2.27. The van der Waals surface area contributed by atoms with Crippen LogP contribution in [-0.4, -0.2) is 25.2 Å². The zero-order valence-electron chi connectivity index (χ0n) is 15.3. The first-order valence-corrected chi connectivity index (χ1v) is 10.4. The Balaban J connectivity index is 1.65. The molecule has 3 aromatic rings. The molecule has 7 nitrogen and oxygen atoms in total. The van der Waals surface area contributed by atoms with Crippen LogP contribution in [0.3, 0.4) is 0 Å². The number of amides is 1. The van der Waals surface area contributed by atoms with Gasteiger partial charge in [-0.05, 0) is 32.8 Å². The van der Waals surface area contributed by atoms with Gasteiger partial charge in [0.05, 0.1) is 17.9 Å². The van der Waals surface area contributed by atoms with Crippen molar-refractivity contribution in [1.29, 1.82) is 0 Å². The number of carbonyl (C=O) groups is 1. The molecule has 1 aliphatic carbocycles. The molecule has 0 aliphatic heterocycles. The molecule has 9 heteroatoms. The Kier molecular flexibility index (Phi) is 5.48. The Bertz CT molecular complexity index is 1030. The van der Waals surface area contributed by atoms with Gasteiger partial charge in [-0.25, -0.2) is 19.1 Å². The van der Waals surface area contributed by atoms with E-state index in [0.717, 1.165) is 31.9 Å². The molecule has 3 heterocycles. The third kappa shape index (κ3) is 3.97. The fourth-order valence-corrected chi connectivity index (χ4v) is 4.54. The fraction of sp³-hybridized carbons (Fsp3) is 0.421. The van der Waals surface area contributed by atoms with Crippen molar-refractivity contribution in [2.24, 2.45) is 5.92 Å². The Morgan fingerprint density at radius 2 is 2.07 bits per heavy atom. The molecule has 0 bridgehead atoms. The van der Waals surface area contributed by atoms with E-state index in [1.807, 2.05) is 0 Å². The van der Waals surface area contributed by atoms with Crippen molar-refractivity contribution >= 4 is 30.7 Å². The summed E-state index contributed by atoms with van der Waals surface area (Å²) in [6.45, 7) is 0. The number of rotatable bonds is 5. The number of nitrogens with zero attached hydrogens (tertiary/aromatic N) is 4. The number of carbonyl (C=O) groups excluding carboxylic acids is 1. The Morgan fingerprint density at radius 3 is 2.82 bits per heavy atom. The van der Waals surface area contributed by atoms with Gasteiger partial charge < -0.3 is 5.32 Å². The van der Waals surface area contributed by atoms with E-state index in [0.29, 0.717) is 23.0 Å². The van der Waals surface area contributed by atoms with Gasteiger partial charge in [0, 0.05) is 6.20 Å². The number of hydrogen-bond acceptors (Lipinski definition) is 5. The average Bonchev–Trinajstić information content (AvgIpc) is 3.19. The van der Waals surface area contributed by atoms with E-state index in [1.54, 1.807) is 0 Å². The van der Waals surface area contributed by atoms with Gasteiger partial charge in [0.15, 0.2) is 0 Å². The van der Waals surface area contributed by atoms with E-state index in [4.69, 9.17) is 0 Å². The van der Waals surface area contributed by atoms with Gasteiger partial charge in [-0.1, -0.05) is 32.1 Å². The van der Waals surface area contributed by atoms with E-state index >= 15 is 0 Å². The first kappa shape index (κ1) is 18.7. The van der Waals surface area contributed by atoms with Crippen LogP contribution in [0.15, 0.2) is 35.6 Å². The van der Waals surface area contributed by atoms with E-state index in [9.17, 15) is 14.0 Å². The minimum Gasteiger partial charge on any atom is -0.309 e. The lowest BCUT2D eigenvalue weighted by atomic mass is 9.84. The van der Waals surface area contributed by atoms with Gasteiger partial charge in [0.1, 0.15) is 22.9 Å². The minimum absolute atomic E-state index is 0.141. The van der Waals surface area contributed by atoms with Gasteiger partial charge in [0.25, 0.3) is 5.56 Å². The van der Waals surface area contributed by atoms with Crippen molar-refractivity contribution in [2.45, 2.75) is 44.6 Å². The van der Waals surface area contributed by atoms with Crippen LogP contribution in [0.25, 0.3) is 10.6 Å². The van der Waals surface area contributed by atoms with Crippen LogP contribution in [0.4, 0.5) is 10.2 Å². The van der Waals surface area contributed by atoms with Crippen LogP contribution in [-0.2, 0) is 4.79 Å². The highest BCUT2D eigenvalue weighted by Gasteiger charge is 2.27. The maximum absolute atomic E-state index is 13.1. The number of nitrogens with one attached hydrogen (secondary N) is 1. The number of hydrogen-bond donors (Lipinski definition) is 1. The molecule has 1 N–H and O–H groups in total. The van der Waals surface area contributed by atoms with E-state index in [-0.39, 0.29) is 25.6 Å². The van der Waals surface area contributed by atoms with Crippen LogP contribution in [0.1, 0.15) is 44.6 Å². The van der Waals surface area contributed by atoms with Crippen molar-refractivity contribution in [1.82, 2.24) is 19.3 Å². The molecule has 1 amide bonds. The second-order valence-corrected chi connectivity index (χ2v) is 8.15. The molecule has 4 rings (SSSR count). The molecule has 0 spiro atoms. The highest BCUT2D eigenvalue weighted by Crippen LogP contribution is 2.31. The molecule has 0 saturated heterocycles. The van der Waals surface area contributed by atoms with Crippen LogP contribution in [0, 0.1) is 11.7 Å². The highest BCUT2D eigenvalue weighted by molar-refractivity contribution is 7.32. The third-order valence-corrected chi connectivity index (χ3v) is 6.16. The van der Waals surface area contributed by atoms with E-state index < -0.39 is 11.9 Å². The van der Waals surface area contributed by atoms with Crippen LogP contribution >= 0.6 is 8.35 Å². The zero-order chi connectivity index (χ0) is 19.5. The predicted molar refractivity (Wildman–Crippen MR) is 106 cm³/mol. The Labute approximate surface area is 162 Å². The van der Waals surface area contributed by atoms with Gasteiger partial charge in [-0.2, -0.15) is 0 Å². The number of aromatic nitrogens is 4. The van der Waals surface area contributed by atoms with Crippen molar-refractivity contribution in [3.63, 3.8) is 0 Å². The number of halogens is 1. The maximum Gasteiger partial charge on any atom is 0.263 e. The van der Waals surface area contributed by atoms with Crippen molar-refractivity contribution in [3.05, 3.63) is 47.0 Å². The molecule has 0 aromatic carbocycles. The SMILES string of the molecule is O=C(Nc1ccc(F)cn1)C(CC1CCCCC1)n1cnc2[pH]ncc2c1=O. The van der Waals surface area contributed by atoms with E-state index in [2.05, 4.69) is 20.0 Å². The van der Waals surface area contributed by atoms with Gasteiger partial charge >= 0.3 is 0 Å². The summed E-state index contributed by atoms with van der Waals surface area (Å²) in [6, 6.07) is 1.94. The van der Waals surface area contributed by atoms with Crippen molar-refractivity contribution < 1.29 is 9.18 Å².